The highest BCUT2D eigenvalue weighted by Gasteiger charge is 2.36. The zero-order chi connectivity index (χ0) is 22.4. The van der Waals surface area contributed by atoms with E-state index in [-0.39, 0.29) is 17.7 Å². The lowest BCUT2D eigenvalue weighted by Crippen LogP contribution is -2.51. The predicted octanol–water partition coefficient (Wildman–Crippen LogP) is 4.87. The van der Waals surface area contributed by atoms with Gasteiger partial charge in [-0.25, -0.2) is 4.98 Å². The lowest BCUT2D eigenvalue weighted by Gasteiger charge is -2.36. The molecule has 0 atom stereocenters. The second kappa shape index (κ2) is 8.41. The van der Waals surface area contributed by atoms with Crippen LogP contribution in [0.1, 0.15) is 52.2 Å². The SMILES string of the molecule is O=C(c1c2c(nc3ccccc13)/C(=C/c1cccs1)CCC2)N1CCN(C(=O)C2CC2)CC1. The van der Waals surface area contributed by atoms with Gasteiger partial charge in [-0.15, -0.1) is 11.3 Å². The van der Waals surface area contributed by atoms with Crippen LogP contribution in [-0.4, -0.2) is 52.8 Å². The van der Waals surface area contributed by atoms with Crippen molar-refractivity contribution in [2.24, 2.45) is 5.92 Å². The molecule has 1 aliphatic heterocycles. The fraction of sp³-hybridized carbons (Fsp3) is 0.370. The van der Waals surface area contributed by atoms with E-state index in [1.54, 1.807) is 11.3 Å². The summed E-state index contributed by atoms with van der Waals surface area (Å²) in [5, 5.41) is 3.03. The first-order valence-corrected chi connectivity index (χ1v) is 12.8. The van der Waals surface area contributed by atoms with Gasteiger partial charge in [0.25, 0.3) is 5.91 Å². The fourth-order valence-corrected chi connectivity index (χ4v) is 5.82. The van der Waals surface area contributed by atoms with Gasteiger partial charge in [0, 0.05) is 42.4 Å². The Morgan fingerprint density at radius 2 is 1.76 bits per heavy atom. The highest BCUT2D eigenvalue weighted by Crippen LogP contribution is 2.37. The Morgan fingerprint density at radius 3 is 2.52 bits per heavy atom. The molecule has 3 aliphatic rings. The first kappa shape index (κ1) is 20.6. The van der Waals surface area contributed by atoms with Crippen LogP contribution in [0, 0.1) is 5.92 Å². The molecule has 3 heterocycles. The largest absolute Gasteiger partial charge is 0.339 e. The number of rotatable bonds is 3. The molecule has 33 heavy (non-hydrogen) atoms. The van der Waals surface area contributed by atoms with E-state index < -0.39 is 0 Å². The van der Waals surface area contributed by atoms with Gasteiger partial charge in [-0.2, -0.15) is 0 Å². The predicted molar refractivity (Wildman–Crippen MR) is 132 cm³/mol. The summed E-state index contributed by atoms with van der Waals surface area (Å²) < 4.78 is 0. The number of thiophene rings is 1. The van der Waals surface area contributed by atoms with E-state index in [4.69, 9.17) is 4.98 Å². The fourth-order valence-electron chi connectivity index (χ4n) is 5.14. The number of carbonyl (C=O) groups excluding carboxylic acids is 2. The summed E-state index contributed by atoms with van der Waals surface area (Å²) in [4.78, 5) is 36.5. The third-order valence-corrected chi connectivity index (χ3v) is 7.87. The first-order chi connectivity index (χ1) is 16.2. The number of fused-ring (bicyclic) bond motifs is 2. The Bertz CT molecular complexity index is 1250. The maximum atomic E-state index is 13.9. The van der Waals surface area contributed by atoms with Gasteiger partial charge in [0.05, 0.1) is 16.8 Å². The van der Waals surface area contributed by atoms with Crippen molar-refractivity contribution in [2.75, 3.05) is 26.2 Å². The number of aromatic nitrogens is 1. The number of amides is 2. The minimum atomic E-state index is 0.0840. The zero-order valence-electron chi connectivity index (χ0n) is 18.6. The van der Waals surface area contributed by atoms with Crippen LogP contribution in [-0.2, 0) is 11.2 Å². The number of hydrogen-bond donors (Lipinski definition) is 0. The summed E-state index contributed by atoms with van der Waals surface area (Å²) in [6.45, 7) is 2.47. The molecule has 5 nitrogen and oxygen atoms in total. The van der Waals surface area contributed by atoms with E-state index in [0.717, 1.165) is 59.8 Å². The number of carbonyl (C=O) groups is 2. The molecular weight excluding hydrogens is 430 g/mol. The Kier molecular flexibility index (Phi) is 5.25. The molecule has 6 heteroatoms. The van der Waals surface area contributed by atoms with Crippen LogP contribution < -0.4 is 0 Å². The first-order valence-electron chi connectivity index (χ1n) is 11.9. The third kappa shape index (κ3) is 3.86. The van der Waals surface area contributed by atoms with Gasteiger partial charge in [0.1, 0.15) is 0 Å². The number of para-hydroxylation sites is 1. The van der Waals surface area contributed by atoms with Gasteiger partial charge < -0.3 is 9.80 Å². The third-order valence-electron chi connectivity index (χ3n) is 7.05. The molecule has 0 spiro atoms. The average molecular weight is 458 g/mol. The minimum Gasteiger partial charge on any atom is -0.339 e. The van der Waals surface area contributed by atoms with Gasteiger partial charge >= 0.3 is 0 Å². The van der Waals surface area contributed by atoms with E-state index in [0.29, 0.717) is 26.2 Å². The van der Waals surface area contributed by atoms with Crippen LogP contribution in [0.5, 0.6) is 0 Å². The molecular formula is C27H27N3O2S. The topological polar surface area (TPSA) is 53.5 Å². The maximum Gasteiger partial charge on any atom is 0.255 e. The monoisotopic (exact) mass is 457 g/mol. The lowest BCUT2D eigenvalue weighted by molar-refractivity contribution is -0.134. The standard InChI is InChI=1S/C27H27N3O2S/c31-26(18-10-11-18)29-12-14-30(15-13-29)27(32)24-21-7-1-2-9-23(21)28-25-19(5-3-8-22(24)25)17-20-6-4-16-33-20/h1-2,4,6-7,9,16-18H,3,5,8,10-15H2/b19-17+. The van der Waals surface area contributed by atoms with E-state index in [2.05, 4.69) is 23.6 Å². The number of benzene rings is 1. The minimum absolute atomic E-state index is 0.0840. The highest BCUT2D eigenvalue weighted by molar-refractivity contribution is 7.10. The van der Waals surface area contributed by atoms with Crippen molar-refractivity contribution in [3.63, 3.8) is 0 Å². The van der Waals surface area contributed by atoms with Crippen molar-refractivity contribution in [1.29, 1.82) is 0 Å². The Morgan fingerprint density at radius 1 is 0.970 bits per heavy atom. The highest BCUT2D eigenvalue weighted by atomic mass is 32.1. The van der Waals surface area contributed by atoms with E-state index in [9.17, 15) is 9.59 Å². The molecule has 2 amide bonds. The molecule has 1 saturated heterocycles. The van der Waals surface area contributed by atoms with Gasteiger partial charge in [0.15, 0.2) is 0 Å². The summed E-state index contributed by atoms with van der Waals surface area (Å²) >= 11 is 1.73. The molecule has 0 radical (unpaired) electrons. The van der Waals surface area contributed by atoms with Crippen molar-refractivity contribution >= 4 is 45.7 Å². The van der Waals surface area contributed by atoms with E-state index in [1.807, 2.05) is 34.1 Å². The van der Waals surface area contributed by atoms with Crippen LogP contribution in [0.4, 0.5) is 0 Å². The molecule has 0 unspecified atom stereocenters. The normalized spacial score (nSPS) is 19.7. The van der Waals surface area contributed by atoms with Gasteiger partial charge in [0.2, 0.25) is 5.91 Å². The molecule has 0 bridgehead atoms. The zero-order valence-corrected chi connectivity index (χ0v) is 19.4. The van der Waals surface area contributed by atoms with Crippen molar-refractivity contribution in [3.05, 3.63) is 63.5 Å². The lowest BCUT2D eigenvalue weighted by atomic mass is 9.86. The Balaban J connectivity index is 1.37. The molecule has 2 aromatic heterocycles. The summed E-state index contributed by atoms with van der Waals surface area (Å²) in [5.41, 5.74) is 4.98. The van der Waals surface area contributed by atoms with Crippen molar-refractivity contribution in [3.8, 4) is 0 Å². The van der Waals surface area contributed by atoms with Gasteiger partial charge in [-0.3, -0.25) is 9.59 Å². The smallest absolute Gasteiger partial charge is 0.255 e. The summed E-state index contributed by atoms with van der Waals surface area (Å²) in [6.07, 6.45) is 7.15. The molecule has 1 saturated carbocycles. The maximum absolute atomic E-state index is 13.9. The van der Waals surface area contributed by atoms with Gasteiger partial charge in [-0.05, 0) is 66.8 Å². The molecule has 2 aliphatic carbocycles. The summed E-state index contributed by atoms with van der Waals surface area (Å²) in [5.74, 6) is 0.593. The van der Waals surface area contributed by atoms with Crippen LogP contribution in [0.2, 0.25) is 0 Å². The van der Waals surface area contributed by atoms with Crippen LogP contribution in [0.25, 0.3) is 22.6 Å². The van der Waals surface area contributed by atoms with E-state index in [1.165, 1.54) is 10.5 Å². The molecule has 3 aromatic rings. The Hall–Kier alpha value is -2.99. The number of nitrogens with zero attached hydrogens (tertiary/aromatic N) is 3. The summed E-state index contributed by atoms with van der Waals surface area (Å²) in [6, 6.07) is 12.2. The molecule has 6 rings (SSSR count). The number of allylic oxidation sites excluding steroid dienone is 1. The second-order valence-electron chi connectivity index (χ2n) is 9.26. The van der Waals surface area contributed by atoms with Crippen molar-refractivity contribution in [2.45, 2.75) is 32.1 Å². The van der Waals surface area contributed by atoms with E-state index >= 15 is 0 Å². The van der Waals surface area contributed by atoms with Crippen LogP contribution in [0.15, 0.2) is 41.8 Å². The van der Waals surface area contributed by atoms with Crippen LogP contribution in [0.3, 0.4) is 0 Å². The molecule has 1 aromatic carbocycles. The van der Waals surface area contributed by atoms with Gasteiger partial charge in [-0.1, -0.05) is 24.3 Å². The number of piperazine rings is 1. The van der Waals surface area contributed by atoms with Crippen molar-refractivity contribution in [1.82, 2.24) is 14.8 Å². The van der Waals surface area contributed by atoms with Crippen LogP contribution >= 0.6 is 11.3 Å². The molecule has 0 N–H and O–H groups in total. The number of hydrogen-bond acceptors (Lipinski definition) is 4. The molecule has 168 valence electrons. The molecule has 2 fully saturated rings. The van der Waals surface area contributed by atoms with Crippen molar-refractivity contribution < 1.29 is 9.59 Å². The average Bonchev–Trinajstić information content (AvgIpc) is 3.58. The second-order valence-corrected chi connectivity index (χ2v) is 10.2. The Labute approximate surface area is 197 Å². The number of pyridine rings is 1. The quantitative estimate of drug-likeness (QED) is 0.564. The summed E-state index contributed by atoms with van der Waals surface area (Å²) in [7, 11) is 0.